The Labute approximate surface area is 81.0 Å². The zero-order valence-corrected chi connectivity index (χ0v) is 8.97. The number of aromatic nitrogens is 2. The van der Waals surface area contributed by atoms with Crippen LogP contribution < -0.4 is 5.32 Å². The number of nitrogens with zero attached hydrogens (tertiary/aromatic N) is 2. The molecule has 1 aromatic rings. The molecule has 1 aromatic heterocycles. The van der Waals surface area contributed by atoms with E-state index in [1.165, 1.54) is 6.42 Å². The Morgan fingerprint density at radius 3 is 2.92 bits per heavy atom. The van der Waals surface area contributed by atoms with E-state index in [-0.39, 0.29) is 0 Å². The van der Waals surface area contributed by atoms with Gasteiger partial charge in [0.15, 0.2) is 4.34 Å². The Morgan fingerprint density at radius 2 is 2.33 bits per heavy atom. The molecule has 0 aliphatic rings. The maximum absolute atomic E-state index is 4.02. The van der Waals surface area contributed by atoms with Crippen LogP contribution in [0.5, 0.6) is 0 Å². The van der Waals surface area contributed by atoms with E-state index < -0.39 is 0 Å². The minimum Gasteiger partial charge on any atom is -0.320 e. The summed E-state index contributed by atoms with van der Waals surface area (Å²) in [7, 11) is 1.97. The molecule has 12 heavy (non-hydrogen) atoms. The molecule has 0 amide bonds. The molecule has 68 valence electrons. The first-order valence-electron chi connectivity index (χ1n) is 3.90. The molecule has 1 heterocycles. The molecule has 0 fully saturated rings. The molecule has 5 heteroatoms. The second-order valence-corrected chi connectivity index (χ2v) is 4.92. The maximum Gasteiger partial charge on any atom is 0.174 e. The van der Waals surface area contributed by atoms with Crippen LogP contribution in [0.25, 0.3) is 0 Å². The quantitative estimate of drug-likeness (QED) is 0.582. The van der Waals surface area contributed by atoms with Gasteiger partial charge in [0.1, 0.15) is 5.01 Å². The third-order valence-corrected chi connectivity index (χ3v) is 3.36. The maximum atomic E-state index is 4.02. The monoisotopic (exact) mass is 203 g/mol. The first-order valence-corrected chi connectivity index (χ1v) is 5.70. The predicted molar refractivity (Wildman–Crippen MR) is 53.9 cm³/mol. The third-order valence-electron chi connectivity index (χ3n) is 1.30. The minimum absolute atomic E-state index is 1.05. The Bertz CT molecular complexity index is 224. The highest BCUT2D eigenvalue weighted by molar-refractivity contribution is 8.01. The average Bonchev–Trinajstić information content (AvgIpc) is 2.45. The molecule has 0 atom stereocenters. The first-order chi connectivity index (χ1) is 5.83. The van der Waals surface area contributed by atoms with Crippen molar-refractivity contribution in [2.75, 3.05) is 19.3 Å². The van der Waals surface area contributed by atoms with Gasteiger partial charge >= 0.3 is 0 Å². The summed E-state index contributed by atoms with van der Waals surface area (Å²) in [6.07, 6.45) is 1.18. The Hall–Kier alpha value is -0.130. The molecule has 0 saturated heterocycles. The summed E-state index contributed by atoms with van der Waals surface area (Å²) in [5.41, 5.74) is 0. The molecular formula is C7H13N3S2. The predicted octanol–water partition coefficient (Wildman–Crippen LogP) is 1.55. The van der Waals surface area contributed by atoms with Crippen molar-refractivity contribution in [3.05, 3.63) is 5.01 Å². The van der Waals surface area contributed by atoms with Gasteiger partial charge in [0.25, 0.3) is 0 Å². The Balaban J connectivity index is 2.15. The van der Waals surface area contributed by atoms with E-state index in [2.05, 4.69) is 15.5 Å². The minimum atomic E-state index is 1.05. The van der Waals surface area contributed by atoms with Gasteiger partial charge in [-0.2, -0.15) is 0 Å². The number of thioether (sulfide) groups is 1. The van der Waals surface area contributed by atoms with E-state index in [0.717, 1.165) is 21.6 Å². The highest BCUT2D eigenvalue weighted by Gasteiger charge is 1.99. The molecule has 0 aliphatic heterocycles. The van der Waals surface area contributed by atoms with Crippen LogP contribution in [0.3, 0.4) is 0 Å². The van der Waals surface area contributed by atoms with Crippen molar-refractivity contribution in [2.24, 2.45) is 0 Å². The zero-order chi connectivity index (χ0) is 8.81. The number of hydrogen-bond donors (Lipinski definition) is 1. The van der Waals surface area contributed by atoms with Gasteiger partial charge in [-0.1, -0.05) is 23.1 Å². The lowest BCUT2D eigenvalue weighted by molar-refractivity contribution is 0.777. The average molecular weight is 203 g/mol. The topological polar surface area (TPSA) is 37.8 Å². The smallest absolute Gasteiger partial charge is 0.174 e. The molecule has 0 spiro atoms. The van der Waals surface area contributed by atoms with Crippen LogP contribution in [0.1, 0.15) is 11.4 Å². The SMILES string of the molecule is CNCCCSc1nnc(C)s1. The van der Waals surface area contributed by atoms with Gasteiger partial charge in [-0.05, 0) is 26.9 Å². The highest BCUT2D eigenvalue weighted by Crippen LogP contribution is 2.21. The van der Waals surface area contributed by atoms with Crippen LogP contribution in [0.2, 0.25) is 0 Å². The van der Waals surface area contributed by atoms with E-state index in [1.54, 1.807) is 23.1 Å². The van der Waals surface area contributed by atoms with Crippen LogP contribution in [0.4, 0.5) is 0 Å². The first kappa shape index (κ1) is 9.95. The van der Waals surface area contributed by atoms with Gasteiger partial charge in [-0.3, -0.25) is 0 Å². The van der Waals surface area contributed by atoms with Crippen LogP contribution in [-0.4, -0.2) is 29.5 Å². The fraction of sp³-hybridized carbons (Fsp3) is 0.714. The van der Waals surface area contributed by atoms with Crippen molar-refractivity contribution < 1.29 is 0 Å². The Kier molecular flexibility index (Phi) is 4.57. The summed E-state index contributed by atoms with van der Waals surface area (Å²) < 4.78 is 1.09. The van der Waals surface area contributed by atoms with Gasteiger partial charge < -0.3 is 5.32 Å². The second-order valence-electron chi connectivity index (χ2n) is 2.39. The summed E-state index contributed by atoms with van der Waals surface area (Å²) in [6.45, 7) is 3.06. The fourth-order valence-electron chi connectivity index (χ4n) is 0.745. The molecular weight excluding hydrogens is 190 g/mol. The van der Waals surface area contributed by atoms with E-state index in [9.17, 15) is 0 Å². The number of aryl methyl sites for hydroxylation is 1. The summed E-state index contributed by atoms with van der Waals surface area (Å²) in [5, 5.41) is 12.1. The molecule has 0 aromatic carbocycles. The molecule has 0 unspecified atom stereocenters. The zero-order valence-electron chi connectivity index (χ0n) is 7.33. The lowest BCUT2D eigenvalue weighted by atomic mass is 10.5. The van der Waals surface area contributed by atoms with E-state index in [4.69, 9.17) is 0 Å². The largest absolute Gasteiger partial charge is 0.320 e. The molecule has 3 nitrogen and oxygen atoms in total. The van der Waals surface area contributed by atoms with E-state index in [0.29, 0.717) is 0 Å². The molecule has 0 radical (unpaired) electrons. The number of hydrogen-bond acceptors (Lipinski definition) is 5. The molecule has 0 saturated carbocycles. The van der Waals surface area contributed by atoms with Crippen LogP contribution >= 0.6 is 23.1 Å². The lowest BCUT2D eigenvalue weighted by Gasteiger charge is -1.95. The van der Waals surface area contributed by atoms with Gasteiger partial charge in [-0.15, -0.1) is 10.2 Å². The van der Waals surface area contributed by atoms with Crippen molar-refractivity contribution in [3.63, 3.8) is 0 Å². The van der Waals surface area contributed by atoms with Crippen molar-refractivity contribution in [1.82, 2.24) is 15.5 Å². The van der Waals surface area contributed by atoms with Crippen molar-refractivity contribution >= 4 is 23.1 Å². The molecule has 0 bridgehead atoms. The van der Waals surface area contributed by atoms with Crippen LogP contribution in [-0.2, 0) is 0 Å². The van der Waals surface area contributed by atoms with Crippen molar-refractivity contribution in [2.45, 2.75) is 17.7 Å². The van der Waals surface area contributed by atoms with Crippen molar-refractivity contribution in [1.29, 1.82) is 0 Å². The molecule has 1 N–H and O–H groups in total. The standard InChI is InChI=1S/C7H13N3S2/c1-6-9-10-7(12-6)11-5-3-4-8-2/h8H,3-5H2,1-2H3. The number of rotatable bonds is 5. The lowest BCUT2D eigenvalue weighted by Crippen LogP contribution is -2.07. The summed E-state index contributed by atoms with van der Waals surface area (Å²) in [6, 6.07) is 0. The fourth-order valence-corrected chi connectivity index (χ4v) is 2.57. The van der Waals surface area contributed by atoms with Crippen LogP contribution in [0.15, 0.2) is 4.34 Å². The normalized spacial score (nSPS) is 10.5. The second kappa shape index (κ2) is 5.50. The molecule has 0 aliphatic carbocycles. The van der Waals surface area contributed by atoms with E-state index >= 15 is 0 Å². The third kappa shape index (κ3) is 3.51. The van der Waals surface area contributed by atoms with Crippen LogP contribution in [0, 0.1) is 6.92 Å². The summed E-state index contributed by atoms with van der Waals surface area (Å²) in [4.78, 5) is 0. The van der Waals surface area contributed by atoms with Gasteiger partial charge in [0.2, 0.25) is 0 Å². The van der Waals surface area contributed by atoms with E-state index in [1.807, 2.05) is 14.0 Å². The Morgan fingerprint density at radius 1 is 1.50 bits per heavy atom. The van der Waals surface area contributed by atoms with Gasteiger partial charge in [-0.25, -0.2) is 0 Å². The highest BCUT2D eigenvalue weighted by atomic mass is 32.2. The van der Waals surface area contributed by atoms with Gasteiger partial charge in [0.05, 0.1) is 0 Å². The summed E-state index contributed by atoms with van der Waals surface area (Å²) >= 11 is 3.45. The summed E-state index contributed by atoms with van der Waals surface area (Å²) in [5.74, 6) is 1.12. The number of nitrogens with one attached hydrogen (secondary N) is 1. The molecule has 1 rings (SSSR count). The van der Waals surface area contributed by atoms with Crippen molar-refractivity contribution in [3.8, 4) is 0 Å². The van der Waals surface area contributed by atoms with Gasteiger partial charge in [0, 0.05) is 5.75 Å².